The molecule has 21 heavy (non-hydrogen) atoms. The minimum atomic E-state index is -0.00756. The molecule has 4 nitrogen and oxygen atoms in total. The molecule has 0 unspecified atom stereocenters. The molecule has 1 aliphatic heterocycles. The first kappa shape index (κ1) is 15.1. The summed E-state index contributed by atoms with van der Waals surface area (Å²) in [6.45, 7) is 0.759. The Hall–Kier alpha value is -0.780. The van der Waals surface area contributed by atoms with Crippen LogP contribution in [0.1, 0.15) is 25.7 Å². The van der Waals surface area contributed by atoms with Gasteiger partial charge in [0.15, 0.2) is 5.96 Å². The molecule has 0 aromatic heterocycles. The largest absolute Gasteiger partial charge is 0.381 e. The SMILES string of the molecule is COC1CCC2(CC1)CN=C(N)N2c1ccc(Cl)c(Br)c1. The molecule has 3 rings (SSSR count). The number of guanidine groups is 1. The summed E-state index contributed by atoms with van der Waals surface area (Å²) < 4.78 is 6.36. The summed E-state index contributed by atoms with van der Waals surface area (Å²) >= 11 is 9.58. The van der Waals surface area contributed by atoms with Crippen molar-refractivity contribution in [3.63, 3.8) is 0 Å². The van der Waals surface area contributed by atoms with Crippen LogP contribution in [0, 0.1) is 0 Å². The first-order chi connectivity index (χ1) is 10.1. The molecule has 114 valence electrons. The molecule has 1 saturated carbocycles. The Bertz CT molecular complexity index is 570. The van der Waals surface area contributed by atoms with Gasteiger partial charge in [0.05, 0.1) is 23.2 Å². The van der Waals surface area contributed by atoms with Gasteiger partial charge in [-0.3, -0.25) is 4.99 Å². The van der Waals surface area contributed by atoms with Crippen molar-refractivity contribution in [2.45, 2.75) is 37.3 Å². The van der Waals surface area contributed by atoms with Crippen LogP contribution in [0.3, 0.4) is 0 Å². The third-order valence-corrected chi connectivity index (χ3v) is 5.81. The minimum absolute atomic E-state index is 0.00756. The van der Waals surface area contributed by atoms with E-state index in [1.54, 1.807) is 7.11 Å². The summed E-state index contributed by atoms with van der Waals surface area (Å²) in [6, 6.07) is 5.91. The second-order valence-corrected chi connectivity index (χ2v) is 7.03. The lowest BCUT2D eigenvalue weighted by Gasteiger charge is -2.43. The summed E-state index contributed by atoms with van der Waals surface area (Å²) in [5.41, 5.74) is 7.20. The molecule has 6 heteroatoms. The first-order valence-corrected chi connectivity index (χ1v) is 8.31. The van der Waals surface area contributed by atoms with Crippen LogP contribution in [0.4, 0.5) is 5.69 Å². The van der Waals surface area contributed by atoms with E-state index in [0.29, 0.717) is 17.1 Å². The van der Waals surface area contributed by atoms with Crippen molar-refractivity contribution in [1.82, 2.24) is 0 Å². The van der Waals surface area contributed by atoms with Crippen molar-refractivity contribution in [3.8, 4) is 0 Å². The Morgan fingerprint density at radius 3 is 2.76 bits per heavy atom. The smallest absolute Gasteiger partial charge is 0.196 e. The predicted octanol–water partition coefficient (Wildman–Crippen LogP) is 3.57. The van der Waals surface area contributed by atoms with Crippen LogP contribution < -0.4 is 10.6 Å². The normalized spacial score (nSPS) is 29.0. The number of ether oxygens (including phenoxy) is 1. The third kappa shape index (κ3) is 2.67. The van der Waals surface area contributed by atoms with Crippen LogP contribution in [-0.4, -0.2) is 31.3 Å². The molecule has 1 fully saturated rings. The van der Waals surface area contributed by atoms with Gasteiger partial charge in [-0.2, -0.15) is 0 Å². The van der Waals surface area contributed by atoms with Crippen molar-refractivity contribution < 1.29 is 4.74 Å². The fourth-order valence-corrected chi connectivity index (χ4v) is 3.87. The maximum absolute atomic E-state index is 6.17. The van der Waals surface area contributed by atoms with Gasteiger partial charge < -0.3 is 15.4 Å². The number of nitrogens with two attached hydrogens (primary N) is 1. The highest BCUT2D eigenvalue weighted by Gasteiger charge is 2.45. The van der Waals surface area contributed by atoms with Crippen LogP contribution >= 0.6 is 27.5 Å². The maximum atomic E-state index is 6.17. The fourth-order valence-electron chi connectivity index (χ4n) is 3.39. The Morgan fingerprint density at radius 1 is 1.43 bits per heavy atom. The number of aliphatic imine (C=N–C) groups is 1. The Kier molecular flexibility index (Phi) is 4.17. The van der Waals surface area contributed by atoms with Crippen molar-refractivity contribution in [2.24, 2.45) is 10.7 Å². The summed E-state index contributed by atoms with van der Waals surface area (Å²) in [4.78, 5) is 6.69. The summed E-state index contributed by atoms with van der Waals surface area (Å²) in [5.74, 6) is 0.597. The number of nitrogens with zero attached hydrogens (tertiary/aromatic N) is 2. The number of halogens is 2. The number of benzene rings is 1. The Labute approximate surface area is 138 Å². The lowest BCUT2D eigenvalue weighted by atomic mass is 9.79. The summed E-state index contributed by atoms with van der Waals surface area (Å²) in [7, 11) is 1.79. The van der Waals surface area contributed by atoms with E-state index in [1.165, 1.54) is 0 Å². The van der Waals surface area contributed by atoms with Crippen LogP contribution in [0.15, 0.2) is 27.7 Å². The lowest BCUT2D eigenvalue weighted by Crippen LogP contribution is -2.54. The molecule has 2 aliphatic rings. The predicted molar refractivity (Wildman–Crippen MR) is 90.1 cm³/mol. The highest BCUT2D eigenvalue weighted by atomic mass is 79.9. The van der Waals surface area contributed by atoms with E-state index in [1.807, 2.05) is 18.2 Å². The first-order valence-electron chi connectivity index (χ1n) is 7.14. The van der Waals surface area contributed by atoms with Gasteiger partial charge in [0.2, 0.25) is 0 Å². The summed E-state index contributed by atoms with van der Waals surface area (Å²) in [6.07, 6.45) is 4.53. The fraction of sp³-hybridized carbons (Fsp3) is 0.533. The molecule has 1 spiro atoms. The van der Waals surface area contributed by atoms with E-state index in [-0.39, 0.29) is 5.54 Å². The van der Waals surface area contributed by atoms with Gasteiger partial charge in [0, 0.05) is 17.3 Å². The number of anilines is 1. The molecule has 1 aromatic carbocycles. The Morgan fingerprint density at radius 2 is 2.14 bits per heavy atom. The van der Waals surface area contributed by atoms with Gasteiger partial charge in [0.25, 0.3) is 0 Å². The van der Waals surface area contributed by atoms with E-state index in [4.69, 9.17) is 22.1 Å². The zero-order valence-electron chi connectivity index (χ0n) is 12.0. The standard InChI is InChI=1S/C15H19BrClN3O/c1-21-11-4-6-15(7-5-11)9-19-14(18)20(15)10-2-3-13(17)12(16)8-10/h2-3,8,11H,4-7,9H2,1H3,(H2,18,19). The van der Waals surface area contributed by atoms with Crippen molar-refractivity contribution in [2.75, 3.05) is 18.6 Å². The molecular formula is C15H19BrClN3O. The van der Waals surface area contributed by atoms with Gasteiger partial charge in [0.1, 0.15) is 0 Å². The Balaban J connectivity index is 1.91. The third-order valence-electron chi connectivity index (χ3n) is 4.60. The molecule has 1 heterocycles. The molecular weight excluding hydrogens is 354 g/mol. The van der Waals surface area contributed by atoms with Gasteiger partial charge >= 0.3 is 0 Å². The second kappa shape index (κ2) is 5.78. The number of rotatable bonds is 2. The second-order valence-electron chi connectivity index (χ2n) is 5.77. The molecule has 0 amide bonds. The topological polar surface area (TPSA) is 50.9 Å². The van der Waals surface area contributed by atoms with E-state index >= 15 is 0 Å². The maximum Gasteiger partial charge on any atom is 0.196 e. The van der Waals surface area contributed by atoms with E-state index in [2.05, 4.69) is 25.8 Å². The number of hydrogen-bond acceptors (Lipinski definition) is 4. The zero-order valence-corrected chi connectivity index (χ0v) is 14.3. The molecule has 0 saturated heterocycles. The average Bonchev–Trinajstić information content (AvgIpc) is 2.80. The number of hydrogen-bond donors (Lipinski definition) is 1. The van der Waals surface area contributed by atoms with E-state index < -0.39 is 0 Å². The zero-order chi connectivity index (χ0) is 15.0. The van der Waals surface area contributed by atoms with Crippen LogP contribution in [0.2, 0.25) is 5.02 Å². The van der Waals surface area contributed by atoms with Crippen LogP contribution in [0.25, 0.3) is 0 Å². The molecule has 1 aliphatic carbocycles. The van der Waals surface area contributed by atoms with Crippen LogP contribution in [-0.2, 0) is 4.74 Å². The van der Waals surface area contributed by atoms with E-state index in [9.17, 15) is 0 Å². The summed E-state index contributed by atoms with van der Waals surface area (Å²) in [5, 5.41) is 0.700. The van der Waals surface area contributed by atoms with Gasteiger partial charge in [-0.15, -0.1) is 0 Å². The van der Waals surface area contributed by atoms with Gasteiger partial charge in [-0.1, -0.05) is 11.6 Å². The van der Waals surface area contributed by atoms with E-state index in [0.717, 1.165) is 42.4 Å². The highest BCUT2D eigenvalue weighted by molar-refractivity contribution is 9.10. The van der Waals surface area contributed by atoms with Gasteiger partial charge in [-0.25, -0.2) is 0 Å². The monoisotopic (exact) mass is 371 g/mol. The average molecular weight is 373 g/mol. The van der Waals surface area contributed by atoms with Crippen molar-refractivity contribution in [3.05, 3.63) is 27.7 Å². The molecule has 2 N–H and O–H groups in total. The highest BCUT2D eigenvalue weighted by Crippen LogP contribution is 2.41. The molecule has 0 radical (unpaired) electrons. The number of methoxy groups -OCH3 is 1. The quantitative estimate of drug-likeness (QED) is 0.863. The molecule has 0 atom stereocenters. The van der Waals surface area contributed by atoms with Crippen molar-refractivity contribution >= 4 is 39.2 Å². The molecule has 0 bridgehead atoms. The lowest BCUT2D eigenvalue weighted by molar-refractivity contribution is 0.0532. The van der Waals surface area contributed by atoms with Crippen molar-refractivity contribution in [1.29, 1.82) is 0 Å². The molecule has 1 aromatic rings. The van der Waals surface area contributed by atoms with Gasteiger partial charge in [-0.05, 0) is 59.8 Å². The minimum Gasteiger partial charge on any atom is -0.381 e. The van der Waals surface area contributed by atoms with Crippen LogP contribution in [0.5, 0.6) is 0 Å².